The van der Waals surface area contributed by atoms with Crippen molar-refractivity contribution in [2.45, 2.75) is 38.6 Å². The second-order valence-electron chi connectivity index (χ2n) is 5.03. The van der Waals surface area contributed by atoms with Gasteiger partial charge in [-0.3, -0.25) is 4.79 Å². The van der Waals surface area contributed by atoms with Gasteiger partial charge >= 0.3 is 0 Å². The molecule has 1 aliphatic heterocycles. The number of carbonyl (C=O) groups is 1. The lowest BCUT2D eigenvalue weighted by Gasteiger charge is -2.28. The predicted octanol–water partition coefficient (Wildman–Crippen LogP) is 0.999. The highest BCUT2D eigenvalue weighted by Gasteiger charge is 2.35. The fourth-order valence-corrected chi connectivity index (χ4v) is 2.38. The van der Waals surface area contributed by atoms with Crippen molar-refractivity contribution in [1.82, 2.24) is 4.90 Å². The van der Waals surface area contributed by atoms with E-state index >= 15 is 0 Å². The summed E-state index contributed by atoms with van der Waals surface area (Å²) in [7, 11) is 1.70. The first-order chi connectivity index (χ1) is 7.51. The van der Waals surface area contributed by atoms with E-state index in [2.05, 4.69) is 6.92 Å². The highest BCUT2D eigenvalue weighted by molar-refractivity contribution is 5.85. The molecule has 94 valence electrons. The number of likely N-dealkylation sites (tertiary alicyclic amines) is 1. The number of nitrogens with two attached hydrogens (primary N) is 1. The van der Waals surface area contributed by atoms with Crippen molar-refractivity contribution < 1.29 is 9.53 Å². The number of amides is 1. The number of ether oxygens (including phenoxy) is 1. The van der Waals surface area contributed by atoms with Crippen molar-refractivity contribution >= 4 is 5.91 Å². The van der Waals surface area contributed by atoms with E-state index in [1.54, 1.807) is 7.11 Å². The van der Waals surface area contributed by atoms with Crippen LogP contribution < -0.4 is 5.73 Å². The first kappa shape index (κ1) is 13.5. The summed E-state index contributed by atoms with van der Waals surface area (Å²) >= 11 is 0. The number of hydrogen-bond donors (Lipinski definition) is 1. The summed E-state index contributed by atoms with van der Waals surface area (Å²) in [5, 5.41) is 0. The zero-order chi connectivity index (χ0) is 12.2. The van der Waals surface area contributed by atoms with E-state index in [-0.39, 0.29) is 5.91 Å². The Bertz CT molecular complexity index is 241. The van der Waals surface area contributed by atoms with Gasteiger partial charge in [-0.15, -0.1) is 0 Å². The minimum absolute atomic E-state index is 0.0907. The molecule has 0 spiro atoms. The Morgan fingerprint density at radius 2 is 2.31 bits per heavy atom. The summed E-state index contributed by atoms with van der Waals surface area (Å²) in [4.78, 5) is 14.1. The minimum atomic E-state index is -0.698. The molecule has 0 aromatic heterocycles. The molecule has 0 bridgehead atoms. The molecule has 1 heterocycles. The molecular formula is C12H24N2O2. The van der Waals surface area contributed by atoms with Gasteiger partial charge in [-0.1, -0.05) is 13.3 Å². The van der Waals surface area contributed by atoms with Crippen molar-refractivity contribution in [3.05, 3.63) is 0 Å². The normalized spacial score (nSPS) is 24.5. The Labute approximate surface area is 98.1 Å². The van der Waals surface area contributed by atoms with E-state index in [1.807, 2.05) is 11.8 Å². The molecule has 2 atom stereocenters. The smallest absolute Gasteiger partial charge is 0.242 e. The summed E-state index contributed by atoms with van der Waals surface area (Å²) in [6.45, 7) is 6.24. The van der Waals surface area contributed by atoms with Gasteiger partial charge in [0.05, 0.1) is 12.1 Å². The number of methoxy groups -OCH3 is 1. The second-order valence-corrected chi connectivity index (χ2v) is 5.03. The monoisotopic (exact) mass is 228 g/mol. The molecule has 1 fully saturated rings. The van der Waals surface area contributed by atoms with Crippen molar-refractivity contribution in [2.75, 3.05) is 26.8 Å². The molecule has 1 rings (SSSR count). The Morgan fingerprint density at radius 3 is 2.88 bits per heavy atom. The highest BCUT2D eigenvalue weighted by Crippen LogP contribution is 2.21. The largest absolute Gasteiger partial charge is 0.384 e. The number of rotatable bonds is 5. The van der Waals surface area contributed by atoms with E-state index in [0.29, 0.717) is 5.92 Å². The van der Waals surface area contributed by atoms with E-state index in [0.717, 1.165) is 39.0 Å². The maximum Gasteiger partial charge on any atom is 0.242 e. The maximum absolute atomic E-state index is 12.2. The van der Waals surface area contributed by atoms with Gasteiger partial charge in [0.1, 0.15) is 0 Å². The summed E-state index contributed by atoms with van der Waals surface area (Å²) in [6, 6.07) is 0. The number of carbonyl (C=O) groups excluding carboxylic acids is 1. The second kappa shape index (κ2) is 5.64. The molecule has 4 heteroatoms. The van der Waals surface area contributed by atoms with Crippen molar-refractivity contribution in [1.29, 1.82) is 0 Å². The third-order valence-electron chi connectivity index (χ3n) is 3.23. The molecule has 16 heavy (non-hydrogen) atoms. The van der Waals surface area contributed by atoms with Crippen molar-refractivity contribution in [2.24, 2.45) is 11.7 Å². The topological polar surface area (TPSA) is 55.6 Å². The van der Waals surface area contributed by atoms with Crippen LogP contribution in [0.2, 0.25) is 0 Å². The van der Waals surface area contributed by atoms with Crippen LogP contribution in [0, 0.1) is 5.92 Å². The van der Waals surface area contributed by atoms with Gasteiger partial charge in [0, 0.05) is 26.1 Å². The van der Waals surface area contributed by atoms with Gasteiger partial charge in [0.15, 0.2) is 0 Å². The number of nitrogens with zero attached hydrogens (tertiary/aromatic N) is 1. The molecule has 1 saturated heterocycles. The minimum Gasteiger partial charge on any atom is -0.384 e. The average molecular weight is 228 g/mol. The SMILES string of the molecule is CCCC(C)(N)C(=O)N1CCC(COC)C1. The van der Waals surface area contributed by atoms with Crippen LogP contribution in [0.1, 0.15) is 33.1 Å². The molecular weight excluding hydrogens is 204 g/mol. The lowest BCUT2D eigenvalue weighted by molar-refractivity contribution is -0.135. The van der Waals surface area contributed by atoms with E-state index in [1.165, 1.54) is 0 Å². The zero-order valence-electron chi connectivity index (χ0n) is 10.7. The van der Waals surface area contributed by atoms with Crippen LogP contribution in [0.25, 0.3) is 0 Å². The lowest BCUT2D eigenvalue weighted by Crippen LogP contribution is -2.52. The van der Waals surface area contributed by atoms with Crippen molar-refractivity contribution in [3.8, 4) is 0 Å². The van der Waals surface area contributed by atoms with E-state index in [4.69, 9.17) is 10.5 Å². The zero-order valence-corrected chi connectivity index (χ0v) is 10.7. The first-order valence-corrected chi connectivity index (χ1v) is 6.08. The van der Waals surface area contributed by atoms with Gasteiger partial charge in [0.2, 0.25) is 5.91 Å². The fraction of sp³-hybridized carbons (Fsp3) is 0.917. The van der Waals surface area contributed by atoms with Crippen LogP contribution in [-0.2, 0) is 9.53 Å². The van der Waals surface area contributed by atoms with Crippen LogP contribution in [0.15, 0.2) is 0 Å². The van der Waals surface area contributed by atoms with E-state index in [9.17, 15) is 4.79 Å². The molecule has 0 aliphatic carbocycles. The number of hydrogen-bond acceptors (Lipinski definition) is 3. The van der Waals surface area contributed by atoms with E-state index < -0.39 is 5.54 Å². The van der Waals surface area contributed by atoms with Crippen LogP contribution >= 0.6 is 0 Å². The standard InChI is InChI=1S/C12H24N2O2/c1-4-6-12(2,13)11(15)14-7-5-10(8-14)9-16-3/h10H,4-9,13H2,1-3H3. The summed E-state index contributed by atoms with van der Waals surface area (Å²) in [6.07, 6.45) is 2.72. The molecule has 0 aromatic rings. The molecule has 4 nitrogen and oxygen atoms in total. The van der Waals surface area contributed by atoms with Gasteiger partial charge in [-0.25, -0.2) is 0 Å². The van der Waals surface area contributed by atoms with Gasteiger partial charge < -0.3 is 15.4 Å². The van der Waals surface area contributed by atoms with Gasteiger partial charge in [0.25, 0.3) is 0 Å². The summed E-state index contributed by atoms with van der Waals surface area (Å²) < 4.78 is 5.12. The third kappa shape index (κ3) is 3.19. The molecule has 0 aromatic carbocycles. The molecule has 2 N–H and O–H groups in total. The Balaban J connectivity index is 2.50. The van der Waals surface area contributed by atoms with Crippen LogP contribution in [0.3, 0.4) is 0 Å². The lowest BCUT2D eigenvalue weighted by atomic mass is 9.96. The third-order valence-corrected chi connectivity index (χ3v) is 3.23. The first-order valence-electron chi connectivity index (χ1n) is 6.08. The van der Waals surface area contributed by atoms with Crippen LogP contribution in [-0.4, -0.2) is 43.2 Å². The molecule has 1 aliphatic rings. The van der Waals surface area contributed by atoms with Crippen LogP contribution in [0.5, 0.6) is 0 Å². The van der Waals surface area contributed by atoms with Gasteiger partial charge in [-0.2, -0.15) is 0 Å². The average Bonchev–Trinajstić information content (AvgIpc) is 2.65. The highest BCUT2D eigenvalue weighted by atomic mass is 16.5. The molecule has 2 unspecified atom stereocenters. The molecule has 0 radical (unpaired) electrons. The Kier molecular flexibility index (Phi) is 4.74. The maximum atomic E-state index is 12.2. The predicted molar refractivity (Wildman–Crippen MR) is 64.1 cm³/mol. The molecule has 1 amide bonds. The Hall–Kier alpha value is -0.610. The van der Waals surface area contributed by atoms with Gasteiger partial charge in [-0.05, 0) is 19.8 Å². The quantitative estimate of drug-likeness (QED) is 0.763. The summed E-state index contributed by atoms with van der Waals surface area (Å²) in [5.74, 6) is 0.569. The van der Waals surface area contributed by atoms with Crippen LogP contribution in [0.4, 0.5) is 0 Å². The fourth-order valence-electron chi connectivity index (χ4n) is 2.38. The molecule has 0 saturated carbocycles. The Morgan fingerprint density at radius 1 is 1.62 bits per heavy atom. The summed E-state index contributed by atoms with van der Waals surface area (Å²) in [5.41, 5.74) is 5.35. The van der Waals surface area contributed by atoms with Crippen molar-refractivity contribution in [3.63, 3.8) is 0 Å².